The summed E-state index contributed by atoms with van der Waals surface area (Å²) in [6.45, 7) is 4.29. The number of amides is 1. The van der Waals surface area contributed by atoms with Crippen LogP contribution in [-0.4, -0.2) is 47.0 Å². The first-order chi connectivity index (χ1) is 18.5. The Labute approximate surface area is 221 Å². The minimum absolute atomic E-state index is 0.225. The molecule has 3 aromatic carbocycles. The van der Waals surface area contributed by atoms with Gasteiger partial charge in [0, 0.05) is 48.7 Å². The van der Waals surface area contributed by atoms with E-state index in [1.54, 1.807) is 31.4 Å². The van der Waals surface area contributed by atoms with Gasteiger partial charge in [-0.1, -0.05) is 36.4 Å². The van der Waals surface area contributed by atoms with E-state index in [1.165, 1.54) is 4.68 Å². The van der Waals surface area contributed by atoms with Crippen LogP contribution in [0.5, 0.6) is 5.75 Å². The molecule has 2 aromatic heterocycles. The molecule has 1 N–H and O–H groups in total. The Morgan fingerprint density at radius 3 is 2.42 bits per heavy atom. The van der Waals surface area contributed by atoms with Crippen molar-refractivity contribution in [2.45, 2.75) is 13.3 Å². The van der Waals surface area contributed by atoms with Gasteiger partial charge in [0.25, 0.3) is 11.5 Å². The van der Waals surface area contributed by atoms with E-state index in [1.807, 2.05) is 54.1 Å². The van der Waals surface area contributed by atoms with Gasteiger partial charge in [0.2, 0.25) is 0 Å². The SMILES string of the molecule is CCN(CCCNC(=O)c1nn(-c2ccc(OC)cc2)c(=O)c2c1c1ccccc1n2C)c1ccccc1. The monoisotopic (exact) mass is 509 g/mol. The van der Waals surface area contributed by atoms with Gasteiger partial charge in [0.05, 0.1) is 12.8 Å². The molecule has 194 valence electrons. The average Bonchev–Trinajstić information content (AvgIpc) is 3.26. The summed E-state index contributed by atoms with van der Waals surface area (Å²) in [5.74, 6) is 0.360. The smallest absolute Gasteiger partial charge is 0.296 e. The standard InChI is InChI=1S/C30H31N5O3/c1-4-34(21-11-6-5-7-12-21)20-10-19-31-29(36)27-26-24-13-8-9-14-25(24)33(2)28(26)30(37)35(32-27)22-15-17-23(38-3)18-16-22/h5-9,11-18H,4,10,19-20H2,1-3H3,(H,31,36). The van der Waals surface area contributed by atoms with Gasteiger partial charge in [-0.15, -0.1) is 0 Å². The maximum absolute atomic E-state index is 13.7. The molecular formula is C30H31N5O3. The lowest BCUT2D eigenvalue weighted by Gasteiger charge is -2.23. The summed E-state index contributed by atoms with van der Waals surface area (Å²) in [5.41, 5.74) is 2.95. The van der Waals surface area contributed by atoms with Crippen LogP contribution in [0, 0.1) is 0 Å². The maximum atomic E-state index is 13.7. The number of benzene rings is 3. The Balaban J connectivity index is 1.49. The molecule has 0 aliphatic carbocycles. The molecule has 0 radical (unpaired) electrons. The number of nitrogens with zero attached hydrogens (tertiary/aromatic N) is 4. The molecule has 0 atom stereocenters. The molecule has 5 aromatic rings. The van der Waals surface area contributed by atoms with E-state index in [2.05, 4.69) is 34.4 Å². The molecule has 0 aliphatic heterocycles. The van der Waals surface area contributed by atoms with E-state index in [0.717, 1.165) is 36.1 Å². The van der Waals surface area contributed by atoms with Crippen molar-refractivity contribution in [1.82, 2.24) is 19.7 Å². The van der Waals surface area contributed by atoms with Gasteiger partial charge in [-0.3, -0.25) is 9.59 Å². The summed E-state index contributed by atoms with van der Waals surface area (Å²) in [6.07, 6.45) is 0.769. The minimum atomic E-state index is -0.309. The van der Waals surface area contributed by atoms with E-state index in [0.29, 0.717) is 28.9 Å². The van der Waals surface area contributed by atoms with Crippen LogP contribution in [0.4, 0.5) is 5.69 Å². The molecule has 0 fully saturated rings. The zero-order chi connectivity index (χ0) is 26.6. The third-order valence-corrected chi connectivity index (χ3v) is 6.86. The van der Waals surface area contributed by atoms with Gasteiger partial charge in [-0.05, 0) is 55.8 Å². The molecule has 0 saturated carbocycles. The van der Waals surface area contributed by atoms with E-state index in [-0.39, 0.29) is 17.2 Å². The number of ether oxygens (including phenoxy) is 1. The molecule has 2 heterocycles. The topological polar surface area (TPSA) is 81.4 Å². The van der Waals surface area contributed by atoms with Crippen LogP contribution in [0.25, 0.3) is 27.5 Å². The molecule has 0 bridgehead atoms. The number of carbonyl (C=O) groups excluding carboxylic acids is 1. The summed E-state index contributed by atoms with van der Waals surface area (Å²) in [6, 6.07) is 25.0. The van der Waals surface area contributed by atoms with Crippen LogP contribution in [0.15, 0.2) is 83.7 Å². The van der Waals surface area contributed by atoms with Crippen LogP contribution < -0.4 is 20.5 Å². The van der Waals surface area contributed by atoms with Gasteiger partial charge >= 0.3 is 0 Å². The molecule has 0 unspecified atom stereocenters. The molecule has 0 spiro atoms. The molecule has 0 aliphatic rings. The highest BCUT2D eigenvalue weighted by atomic mass is 16.5. The first-order valence-corrected chi connectivity index (χ1v) is 12.8. The van der Waals surface area contributed by atoms with Gasteiger partial charge < -0.3 is 19.5 Å². The lowest BCUT2D eigenvalue weighted by molar-refractivity contribution is 0.0948. The third kappa shape index (κ3) is 4.61. The number of rotatable bonds is 9. The highest BCUT2D eigenvalue weighted by Gasteiger charge is 2.23. The van der Waals surface area contributed by atoms with E-state index < -0.39 is 0 Å². The van der Waals surface area contributed by atoms with Crippen molar-refractivity contribution in [2.75, 3.05) is 31.6 Å². The summed E-state index contributed by atoms with van der Waals surface area (Å²) >= 11 is 0. The Morgan fingerprint density at radius 2 is 1.71 bits per heavy atom. The molecular weight excluding hydrogens is 478 g/mol. The lowest BCUT2D eigenvalue weighted by Crippen LogP contribution is -2.32. The largest absolute Gasteiger partial charge is 0.497 e. The highest BCUT2D eigenvalue weighted by Crippen LogP contribution is 2.28. The van der Waals surface area contributed by atoms with Crippen molar-refractivity contribution < 1.29 is 9.53 Å². The van der Waals surface area contributed by atoms with Crippen molar-refractivity contribution in [3.05, 3.63) is 94.9 Å². The molecule has 5 rings (SSSR count). The van der Waals surface area contributed by atoms with Crippen molar-refractivity contribution in [2.24, 2.45) is 7.05 Å². The number of hydrogen-bond acceptors (Lipinski definition) is 5. The molecule has 1 amide bonds. The molecule has 38 heavy (non-hydrogen) atoms. The van der Waals surface area contributed by atoms with Crippen molar-refractivity contribution in [3.63, 3.8) is 0 Å². The fourth-order valence-corrected chi connectivity index (χ4v) is 4.90. The number of nitrogens with one attached hydrogen (secondary N) is 1. The predicted molar refractivity (Wildman–Crippen MR) is 152 cm³/mol. The Hall–Kier alpha value is -4.59. The first-order valence-electron chi connectivity index (χ1n) is 12.8. The summed E-state index contributed by atoms with van der Waals surface area (Å²) in [5, 5.41) is 9.02. The van der Waals surface area contributed by atoms with Crippen LogP contribution in [-0.2, 0) is 7.05 Å². The van der Waals surface area contributed by atoms with E-state index >= 15 is 0 Å². The Morgan fingerprint density at radius 1 is 1.00 bits per heavy atom. The van der Waals surface area contributed by atoms with Crippen molar-refractivity contribution >= 4 is 33.4 Å². The highest BCUT2D eigenvalue weighted by molar-refractivity contribution is 6.16. The van der Waals surface area contributed by atoms with Gasteiger partial charge in [0.15, 0.2) is 5.69 Å². The van der Waals surface area contributed by atoms with Crippen molar-refractivity contribution in [1.29, 1.82) is 0 Å². The number of fused-ring (bicyclic) bond motifs is 3. The van der Waals surface area contributed by atoms with E-state index in [9.17, 15) is 9.59 Å². The van der Waals surface area contributed by atoms with Gasteiger partial charge in [-0.25, -0.2) is 0 Å². The fourth-order valence-electron chi connectivity index (χ4n) is 4.90. The fraction of sp³-hybridized carbons (Fsp3) is 0.233. The van der Waals surface area contributed by atoms with Crippen molar-refractivity contribution in [3.8, 4) is 11.4 Å². The number of hydrogen-bond donors (Lipinski definition) is 1. The summed E-state index contributed by atoms with van der Waals surface area (Å²) in [7, 11) is 3.43. The first kappa shape index (κ1) is 25.1. The second-order valence-electron chi connectivity index (χ2n) is 9.09. The number of aryl methyl sites for hydroxylation is 1. The lowest BCUT2D eigenvalue weighted by atomic mass is 10.1. The number of anilines is 1. The molecule has 0 saturated heterocycles. The summed E-state index contributed by atoms with van der Waals surface area (Å²) in [4.78, 5) is 29.5. The number of aromatic nitrogens is 3. The zero-order valence-corrected chi connectivity index (χ0v) is 21.8. The Bertz CT molecular complexity index is 1640. The Kier molecular flexibility index (Phi) is 7.13. The maximum Gasteiger partial charge on any atom is 0.296 e. The molecule has 8 heteroatoms. The normalized spacial score (nSPS) is 11.1. The summed E-state index contributed by atoms with van der Waals surface area (Å²) < 4.78 is 8.39. The van der Waals surface area contributed by atoms with E-state index in [4.69, 9.17) is 4.74 Å². The average molecular weight is 510 g/mol. The number of carbonyl (C=O) groups is 1. The molecule has 8 nitrogen and oxygen atoms in total. The third-order valence-electron chi connectivity index (χ3n) is 6.86. The second-order valence-corrected chi connectivity index (χ2v) is 9.09. The van der Waals surface area contributed by atoms with Crippen LogP contribution in [0.1, 0.15) is 23.8 Å². The number of methoxy groups -OCH3 is 1. The van der Waals surface area contributed by atoms with Crippen LogP contribution in [0.3, 0.4) is 0 Å². The zero-order valence-electron chi connectivity index (χ0n) is 21.8. The van der Waals surface area contributed by atoms with Crippen LogP contribution >= 0.6 is 0 Å². The van der Waals surface area contributed by atoms with Crippen LogP contribution in [0.2, 0.25) is 0 Å². The number of para-hydroxylation sites is 2. The van der Waals surface area contributed by atoms with Gasteiger partial charge in [0.1, 0.15) is 11.3 Å². The van der Waals surface area contributed by atoms with Gasteiger partial charge in [-0.2, -0.15) is 9.78 Å². The predicted octanol–water partition coefficient (Wildman–Crippen LogP) is 4.53. The second kappa shape index (κ2) is 10.8. The quantitative estimate of drug-likeness (QED) is 0.295. The minimum Gasteiger partial charge on any atom is -0.497 e.